The lowest BCUT2D eigenvalue weighted by Gasteiger charge is -2.21. The summed E-state index contributed by atoms with van der Waals surface area (Å²) in [5.74, 6) is -1.16. The first-order chi connectivity index (χ1) is 14.3. The van der Waals surface area contributed by atoms with E-state index in [1.807, 2.05) is 6.92 Å². The maximum Gasteiger partial charge on any atom is 0.202 e. The predicted molar refractivity (Wildman–Crippen MR) is 106 cm³/mol. The Kier molecular flexibility index (Phi) is 3.81. The number of carbonyl (C=O) groups excluding carboxylic acids is 2. The van der Waals surface area contributed by atoms with Crippen molar-refractivity contribution in [2.45, 2.75) is 38.6 Å². The number of fused-ring (bicyclic) bond motifs is 4. The molecule has 0 amide bonds. The Morgan fingerprint density at radius 3 is 2.50 bits per heavy atom. The topological polar surface area (TPSA) is 117 Å². The van der Waals surface area contributed by atoms with Gasteiger partial charge in [0.15, 0.2) is 16.8 Å². The maximum absolute atomic E-state index is 13.3. The van der Waals surface area contributed by atoms with Gasteiger partial charge >= 0.3 is 0 Å². The highest BCUT2D eigenvalue weighted by Gasteiger charge is 2.55. The van der Waals surface area contributed by atoms with Crippen molar-refractivity contribution in [1.29, 1.82) is 0 Å². The molecule has 0 spiro atoms. The molecule has 1 aliphatic carbocycles. The molecule has 7 nitrogen and oxygen atoms in total. The van der Waals surface area contributed by atoms with Crippen molar-refractivity contribution < 1.29 is 29.0 Å². The Morgan fingerprint density at radius 1 is 1.07 bits per heavy atom. The summed E-state index contributed by atoms with van der Waals surface area (Å²) in [4.78, 5) is 39.4. The van der Waals surface area contributed by atoms with Crippen LogP contribution in [-0.4, -0.2) is 27.9 Å². The first kappa shape index (κ1) is 18.7. The molecule has 152 valence electrons. The number of epoxide rings is 1. The number of ether oxygens (including phenoxy) is 1. The number of phenols is 1. The largest absolute Gasteiger partial charge is 0.507 e. The SMILES string of the molecule is CC[C@@H]1O[C@]1(C)c1cc(=O)c2c(CO)cc3c(c2o1)C(=O)c1c(O)cccc1C3=O. The third-order valence-corrected chi connectivity index (χ3v) is 6.04. The highest BCUT2D eigenvalue weighted by atomic mass is 16.6. The molecule has 2 N–H and O–H groups in total. The van der Waals surface area contributed by atoms with Crippen molar-refractivity contribution in [1.82, 2.24) is 0 Å². The summed E-state index contributed by atoms with van der Waals surface area (Å²) in [5, 5.41) is 20.1. The van der Waals surface area contributed by atoms with E-state index in [0.717, 1.165) is 0 Å². The molecule has 0 radical (unpaired) electrons. The molecule has 3 aromatic rings. The fourth-order valence-electron chi connectivity index (χ4n) is 4.38. The number of aliphatic hydroxyl groups excluding tert-OH is 1. The van der Waals surface area contributed by atoms with E-state index in [4.69, 9.17) is 9.15 Å². The second-order valence-electron chi connectivity index (χ2n) is 7.78. The van der Waals surface area contributed by atoms with Crippen LogP contribution in [0.5, 0.6) is 5.75 Å². The highest BCUT2D eigenvalue weighted by molar-refractivity contribution is 6.32. The number of rotatable bonds is 3. The first-order valence-electron chi connectivity index (χ1n) is 9.66. The second kappa shape index (κ2) is 6.10. The maximum atomic E-state index is 13.3. The fraction of sp³-hybridized carbons (Fsp3) is 0.261. The second-order valence-corrected chi connectivity index (χ2v) is 7.78. The summed E-state index contributed by atoms with van der Waals surface area (Å²) in [5.41, 5.74) is -1.22. The fourth-order valence-corrected chi connectivity index (χ4v) is 4.38. The molecule has 1 aliphatic heterocycles. The molecule has 30 heavy (non-hydrogen) atoms. The monoisotopic (exact) mass is 406 g/mol. The molecule has 0 unspecified atom stereocenters. The van der Waals surface area contributed by atoms with E-state index in [1.165, 1.54) is 30.3 Å². The minimum absolute atomic E-state index is 0.0314. The zero-order valence-corrected chi connectivity index (χ0v) is 16.3. The average Bonchev–Trinajstić information content (AvgIpc) is 3.42. The summed E-state index contributed by atoms with van der Waals surface area (Å²) in [7, 11) is 0. The standard InChI is InChI=1S/C23H18O7/c1-3-15-23(2,30-15)16-8-14(26)17-10(9-24)7-12-19(22(17)29-16)21(28)18-11(20(12)27)5-4-6-13(18)25/h4-8,15,24-25H,3,9H2,1-2H3/t15-,23-/m0/s1. The molecule has 2 heterocycles. The molecular formula is C23H18O7. The lowest BCUT2D eigenvalue weighted by Crippen LogP contribution is -2.23. The van der Waals surface area contributed by atoms with Crippen molar-refractivity contribution in [2.24, 2.45) is 0 Å². The molecule has 2 aliphatic rings. The number of carbonyl (C=O) groups is 2. The third-order valence-electron chi connectivity index (χ3n) is 6.04. The van der Waals surface area contributed by atoms with Gasteiger partial charge in [0.1, 0.15) is 17.1 Å². The van der Waals surface area contributed by atoms with Crippen molar-refractivity contribution in [3.63, 3.8) is 0 Å². The highest BCUT2D eigenvalue weighted by Crippen LogP contribution is 2.48. The summed E-state index contributed by atoms with van der Waals surface area (Å²) in [6.07, 6.45) is 0.586. The van der Waals surface area contributed by atoms with Gasteiger partial charge in [0, 0.05) is 17.2 Å². The van der Waals surface area contributed by atoms with Crippen LogP contribution in [0.1, 0.15) is 63.4 Å². The van der Waals surface area contributed by atoms with Gasteiger partial charge in [0.05, 0.1) is 29.2 Å². The van der Waals surface area contributed by atoms with E-state index in [0.29, 0.717) is 6.42 Å². The van der Waals surface area contributed by atoms with Gasteiger partial charge in [-0.2, -0.15) is 0 Å². The molecule has 1 aromatic heterocycles. The molecule has 1 fully saturated rings. The molecule has 5 rings (SSSR count). The summed E-state index contributed by atoms with van der Waals surface area (Å²) in [6.45, 7) is 3.23. The smallest absolute Gasteiger partial charge is 0.202 e. The van der Waals surface area contributed by atoms with Crippen molar-refractivity contribution in [2.75, 3.05) is 0 Å². The number of hydrogen-bond acceptors (Lipinski definition) is 7. The van der Waals surface area contributed by atoms with Gasteiger partial charge in [-0.25, -0.2) is 0 Å². The summed E-state index contributed by atoms with van der Waals surface area (Å²) >= 11 is 0. The van der Waals surface area contributed by atoms with Crippen LogP contribution in [0, 0.1) is 0 Å². The number of aromatic hydroxyl groups is 1. The van der Waals surface area contributed by atoms with E-state index in [9.17, 15) is 24.6 Å². The zero-order chi connectivity index (χ0) is 21.4. The van der Waals surface area contributed by atoms with E-state index in [1.54, 1.807) is 6.92 Å². The molecule has 2 atom stereocenters. The van der Waals surface area contributed by atoms with E-state index in [2.05, 4.69) is 0 Å². The molecule has 7 heteroatoms. The molecule has 0 saturated carbocycles. The Balaban J connectivity index is 1.88. The Morgan fingerprint density at radius 2 is 1.83 bits per heavy atom. The lowest BCUT2D eigenvalue weighted by atomic mass is 9.81. The van der Waals surface area contributed by atoms with Crippen LogP contribution < -0.4 is 5.43 Å². The van der Waals surface area contributed by atoms with Gasteiger partial charge in [-0.1, -0.05) is 19.1 Å². The van der Waals surface area contributed by atoms with Gasteiger partial charge in [0.25, 0.3) is 0 Å². The molecule has 2 aromatic carbocycles. The van der Waals surface area contributed by atoms with Gasteiger partial charge < -0.3 is 19.4 Å². The quantitative estimate of drug-likeness (QED) is 0.502. The average molecular weight is 406 g/mol. The molecule has 0 bridgehead atoms. The van der Waals surface area contributed by atoms with Crippen LogP contribution in [-0.2, 0) is 16.9 Å². The van der Waals surface area contributed by atoms with Crippen molar-refractivity contribution >= 4 is 22.5 Å². The van der Waals surface area contributed by atoms with E-state index >= 15 is 0 Å². The van der Waals surface area contributed by atoms with Crippen LogP contribution in [0.2, 0.25) is 0 Å². The van der Waals surface area contributed by atoms with Crippen LogP contribution in [0.4, 0.5) is 0 Å². The van der Waals surface area contributed by atoms with Crippen LogP contribution in [0.25, 0.3) is 11.0 Å². The van der Waals surface area contributed by atoms with Gasteiger partial charge in [-0.15, -0.1) is 0 Å². The lowest BCUT2D eigenvalue weighted by molar-refractivity contribution is 0.0976. The summed E-state index contributed by atoms with van der Waals surface area (Å²) < 4.78 is 11.7. The number of benzene rings is 2. The number of hydrogen-bond donors (Lipinski definition) is 2. The minimum Gasteiger partial charge on any atom is -0.507 e. The molecular weight excluding hydrogens is 388 g/mol. The van der Waals surface area contributed by atoms with E-state index < -0.39 is 29.2 Å². The van der Waals surface area contributed by atoms with Crippen molar-refractivity contribution in [3.8, 4) is 5.75 Å². The van der Waals surface area contributed by atoms with Gasteiger partial charge in [0.2, 0.25) is 5.78 Å². The van der Waals surface area contributed by atoms with Crippen LogP contribution in [0.15, 0.2) is 39.5 Å². The third kappa shape index (κ3) is 2.30. The number of ketones is 2. The van der Waals surface area contributed by atoms with Gasteiger partial charge in [-0.05, 0) is 31.0 Å². The normalized spacial score (nSPS) is 22.2. The van der Waals surface area contributed by atoms with Crippen LogP contribution in [0.3, 0.4) is 0 Å². The Hall–Kier alpha value is -3.29. The number of aliphatic hydroxyl groups is 1. The molecule has 1 saturated heterocycles. The van der Waals surface area contributed by atoms with Crippen LogP contribution >= 0.6 is 0 Å². The number of phenolic OH excluding ortho intramolecular Hbond substituents is 1. The predicted octanol–water partition coefficient (Wildman–Crippen LogP) is 2.79. The van der Waals surface area contributed by atoms with Crippen molar-refractivity contribution in [3.05, 3.63) is 74.1 Å². The minimum atomic E-state index is -0.800. The Bertz CT molecular complexity index is 1330. The van der Waals surface area contributed by atoms with E-state index in [-0.39, 0.29) is 56.4 Å². The summed E-state index contributed by atoms with van der Waals surface area (Å²) in [6, 6.07) is 6.92. The Labute approximate surface area is 170 Å². The van der Waals surface area contributed by atoms with Gasteiger partial charge in [-0.3, -0.25) is 14.4 Å². The zero-order valence-electron chi connectivity index (χ0n) is 16.3. The first-order valence-corrected chi connectivity index (χ1v) is 9.66.